The maximum Gasteiger partial charge on any atom is 0.0790 e. The number of anilines is 2. The number of nitrogen functional groups attached to an aromatic ring is 2. The van der Waals surface area contributed by atoms with Gasteiger partial charge in [-0.05, 0) is 35.4 Å². The Hall–Kier alpha value is -2.04. The molecule has 0 bridgehead atoms. The second-order valence-electron chi connectivity index (χ2n) is 4.42. The van der Waals surface area contributed by atoms with Crippen molar-refractivity contribution in [3.8, 4) is 0 Å². The van der Waals surface area contributed by atoms with E-state index in [9.17, 15) is 0 Å². The van der Waals surface area contributed by atoms with Crippen LogP contribution in [0.25, 0.3) is 0 Å². The van der Waals surface area contributed by atoms with Gasteiger partial charge in [0, 0.05) is 17.9 Å². The van der Waals surface area contributed by atoms with E-state index in [1.807, 2.05) is 48.5 Å². The Morgan fingerprint density at radius 1 is 0.722 bits per heavy atom. The fourth-order valence-electron chi connectivity index (χ4n) is 1.96. The molecule has 18 heavy (non-hydrogen) atoms. The van der Waals surface area contributed by atoms with Crippen LogP contribution in [0.4, 0.5) is 11.4 Å². The Kier molecular flexibility index (Phi) is 3.23. The quantitative estimate of drug-likeness (QED) is 0.603. The van der Waals surface area contributed by atoms with Crippen LogP contribution in [0.5, 0.6) is 0 Å². The highest BCUT2D eigenvalue weighted by Gasteiger charge is 2.27. The van der Waals surface area contributed by atoms with E-state index in [1.165, 1.54) is 0 Å². The predicted molar refractivity (Wildman–Crippen MR) is 75.7 cm³/mol. The van der Waals surface area contributed by atoms with E-state index in [-0.39, 0.29) is 0 Å². The SMILES string of the molecule is NCC(N)(c1ccc(N)cc1)c1ccc(N)cc1. The minimum absolute atomic E-state index is 0.306. The maximum absolute atomic E-state index is 6.43. The zero-order chi connectivity index (χ0) is 13.2. The molecule has 0 aromatic heterocycles. The Labute approximate surface area is 107 Å². The van der Waals surface area contributed by atoms with Crippen molar-refractivity contribution in [1.82, 2.24) is 0 Å². The van der Waals surface area contributed by atoms with Gasteiger partial charge in [-0.1, -0.05) is 24.3 Å². The van der Waals surface area contributed by atoms with Crippen molar-refractivity contribution in [2.24, 2.45) is 11.5 Å². The smallest absolute Gasteiger partial charge is 0.0790 e. The lowest BCUT2D eigenvalue weighted by molar-refractivity contribution is 0.552. The van der Waals surface area contributed by atoms with Crippen molar-refractivity contribution in [2.45, 2.75) is 5.54 Å². The second-order valence-corrected chi connectivity index (χ2v) is 4.42. The summed E-state index contributed by atoms with van der Waals surface area (Å²) < 4.78 is 0. The Bertz CT molecular complexity index is 471. The van der Waals surface area contributed by atoms with Crippen LogP contribution >= 0.6 is 0 Å². The molecule has 0 atom stereocenters. The van der Waals surface area contributed by atoms with Crippen LogP contribution in [-0.4, -0.2) is 6.54 Å². The van der Waals surface area contributed by atoms with Crippen LogP contribution in [0, 0.1) is 0 Å². The molecule has 0 fully saturated rings. The van der Waals surface area contributed by atoms with Gasteiger partial charge in [-0.2, -0.15) is 0 Å². The molecule has 0 saturated carbocycles. The average Bonchev–Trinajstić information content (AvgIpc) is 2.39. The van der Waals surface area contributed by atoms with Crippen molar-refractivity contribution in [2.75, 3.05) is 18.0 Å². The molecule has 2 aromatic rings. The normalized spacial score (nSPS) is 11.4. The second kappa shape index (κ2) is 4.68. The van der Waals surface area contributed by atoms with Gasteiger partial charge in [-0.15, -0.1) is 0 Å². The molecule has 0 saturated heterocycles. The fraction of sp³-hybridized carbons (Fsp3) is 0.143. The van der Waals surface area contributed by atoms with Crippen molar-refractivity contribution in [3.63, 3.8) is 0 Å². The molecule has 0 spiro atoms. The van der Waals surface area contributed by atoms with Crippen molar-refractivity contribution < 1.29 is 0 Å². The lowest BCUT2D eigenvalue weighted by Crippen LogP contribution is -2.45. The third-order valence-corrected chi connectivity index (χ3v) is 3.17. The van der Waals surface area contributed by atoms with E-state index < -0.39 is 5.54 Å². The highest BCUT2D eigenvalue weighted by atomic mass is 14.8. The summed E-state index contributed by atoms with van der Waals surface area (Å²) in [5, 5.41) is 0. The molecule has 94 valence electrons. The van der Waals surface area contributed by atoms with E-state index in [4.69, 9.17) is 22.9 Å². The lowest BCUT2D eigenvalue weighted by atomic mass is 9.83. The molecule has 0 radical (unpaired) electrons. The largest absolute Gasteiger partial charge is 0.399 e. The highest BCUT2D eigenvalue weighted by Crippen LogP contribution is 2.27. The van der Waals surface area contributed by atoms with E-state index in [0.29, 0.717) is 17.9 Å². The summed E-state index contributed by atoms with van der Waals surface area (Å²) in [6.07, 6.45) is 0. The predicted octanol–water partition coefficient (Wildman–Crippen LogP) is 1.01. The van der Waals surface area contributed by atoms with Gasteiger partial charge in [-0.25, -0.2) is 0 Å². The lowest BCUT2D eigenvalue weighted by Gasteiger charge is -2.29. The number of nitrogens with two attached hydrogens (primary N) is 4. The van der Waals surface area contributed by atoms with E-state index in [2.05, 4.69) is 0 Å². The van der Waals surface area contributed by atoms with Crippen LogP contribution in [0.3, 0.4) is 0 Å². The number of benzene rings is 2. The molecule has 0 aliphatic carbocycles. The van der Waals surface area contributed by atoms with Gasteiger partial charge in [-0.3, -0.25) is 0 Å². The minimum atomic E-state index is -0.721. The topological polar surface area (TPSA) is 104 Å². The van der Waals surface area contributed by atoms with Gasteiger partial charge in [0.05, 0.1) is 5.54 Å². The van der Waals surface area contributed by atoms with Crippen LogP contribution in [-0.2, 0) is 5.54 Å². The molecule has 2 aromatic carbocycles. The Morgan fingerprint density at radius 2 is 1.06 bits per heavy atom. The van der Waals surface area contributed by atoms with Crippen LogP contribution in [0.2, 0.25) is 0 Å². The summed E-state index contributed by atoms with van der Waals surface area (Å²) in [6, 6.07) is 14.9. The molecular weight excluding hydrogens is 224 g/mol. The number of hydrogen-bond acceptors (Lipinski definition) is 4. The van der Waals surface area contributed by atoms with Crippen molar-refractivity contribution in [1.29, 1.82) is 0 Å². The first-order chi connectivity index (χ1) is 8.56. The van der Waals surface area contributed by atoms with E-state index >= 15 is 0 Å². The third kappa shape index (κ3) is 2.16. The monoisotopic (exact) mass is 242 g/mol. The summed E-state index contributed by atoms with van der Waals surface area (Å²) in [4.78, 5) is 0. The minimum Gasteiger partial charge on any atom is -0.399 e. The van der Waals surface area contributed by atoms with Crippen LogP contribution < -0.4 is 22.9 Å². The van der Waals surface area contributed by atoms with E-state index in [0.717, 1.165) is 11.1 Å². The molecule has 4 heteroatoms. The molecule has 2 rings (SSSR count). The van der Waals surface area contributed by atoms with Crippen molar-refractivity contribution in [3.05, 3.63) is 59.7 Å². The third-order valence-electron chi connectivity index (χ3n) is 3.17. The summed E-state index contributed by atoms with van der Waals surface area (Å²) in [6.45, 7) is 0.306. The molecule has 0 unspecified atom stereocenters. The van der Waals surface area contributed by atoms with Gasteiger partial charge in [0.15, 0.2) is 0 Å². The highest BCUT2D eigenvalue weighted by molar-refractivity contribution is 5.48. The molecule has 0 aliphatic heterocycles. The van der Waals surface area contributed by atoms with Crippen LogP contribution in [0.1, 0.15) is 11.1 Å². The summed E-state index contributed by atoms with van der Waals surface area (Å²) in [7, 11) is 0. The van der Waals surface area contributed by atoms with Gasteiger partial charge in [0.1, 0.15) is 0 Å². The fourth-order valence-corrected chi connectivity index (χ4v) is 1.96. The maximum atomic E-state index is 6.43. The van der Waals surface area contributed by atoms with Crippen LogP contribution in [0.15, 0.2) is 48.5 Å². The first-order valence-corrected chi connectivity index (χ1v) is 5.77. The van der Waals surface area contributed by atoms with Gasteiger partial charge >= 0.3 is 0 Å². The molecule has 4 nitrogen and oxygen atoms in total. The first kappa shape index (κ1) is 12.4. The van der Waals surface area contributed by atoms with Gasteiger partial charge < -0.3 is 22.9 Å². The standard InChI is InChI=1S/C14H18N4/c15-9-14(18,10-1-5-12(16)6-2-10)11-3-7-13(17)8-4-11/h1-8H,9,15-18H2. The summed E-state index contributed by atoms with van der Waals surface area (Å²) >= 11 is 0. The molecular formula is C14H18N4. The van der Waals surface area contributed by atoms with Gasteiger partial charge in [0.2, 0.25) is 0 Å². The summed E-state index contributed by atoms with van der Waals surface area (Å²) in [5.74, 6) is 0. The van der Waals surface area contributed by atoms with E-state index in [1.54, 1.807) is 0 Å². The molecule has 0 amide bonds. The number of rotatable bonds is 3. The average molecular weight is 242 g/mol. The first-order valence-electron chi connectivity index (χ1n) is 5.77. The number of hydrogen-bond donors (Lipinski definition) is 4. The zero-order valence-corrected chi connectivity index (χ0v) is 10.1. The Balaban J connectivity index is 2.47. The van der Waals surface area contributed by atoms with Gasteiger partial charge in [0.25, 0.3) is 0 Å². The molecule has 8 N–H and O–H groups in total. The molecule has 0 heterocycles. The zero-order valence-electron chi connectivity index (χ0n) is 10.1. The Morgan fingerprint density at radius 3 is 1.33 bits per heavy atom. The molecule has 0 aliphatic rings. The summed E-state index contributed by atoms with van der Waals surface area (Å²) in [5.41, 5.74) is 26.2. The van der Waals surface area contributed by atoms with Crippen molar-refractivity contribution >= 4 is 11.4 Å².